The molecule has 0 saturated carbocycles. The van der Waals surface area contributed by atoms with Crippen LogP contribution in [-0.2, 0) is 13.6 Å². The van der Waals surface area contributed by atoms with Crippen LogP contribution in [0.5, 0.6) is 0 Å². The Morgan fingerprint density at radius 1 is 1.22 bits per heavy atom. The van der Waals surface area contributed by atoms with E-state index in [4.69, 9.17) is 0 Å². The van der Waals surface area contributed by atoms with Crippen molar-refractivity contribution >= 4 is 11.6 Å². The molecule has 2 rings (SSSR count). The predicted octanol–water partition coefficient (Wildman–Crippen LogP) is 1.64. The fraction of sp³-hybridized carbons (Fsp3) is 0.417. The van der Waals surface area contributed by atoms with Crippen LogP contribution in [0, 0.1) is 0 Å². The summed E-state index contributed by atoms with van der Waals surface area (Å²) in [4.78, 5) is 8.55. The zero-order chi connectivity index (χ0) is 12.8. The van der Waals surface area contributed by atoms with Crippen molar-refractivity contribution in [2.24, 2.45) is 7.05 Å². The van der Waals surface area contributed by atoms with Crippen molar-refractivity contribution in [3.8, 4) is 0 Å². The second kappa shape index (κ2) is 6.00. The summed E-state index contributed by atoms with van der Waals surface area (Å²) in [6.45, 7) is 3.66. The number of anilines is 2. The largest absolute Gasteiger partial charge is 0.369 e. The summed E-state index contributed by atoms with van der Waals surface area (Å²) in [5, 5.41) is 10.7. The first-order chi connectivity index (χ1) is 8.78. The average molecular weight is 246 g/mol. The lowest BCUT2D eigenvalue weighted by molar-refractivity contribution is 0.747. The maximum Gasteiger partial charge on any atom is 0.147 e. The molecule has 0 bridgehead atoms. The molecule has 0 spiro atoms. The van der Waals surface area contributed by atoms with E-state index in [0.29, 0.717) is 6.54 Å². The smallest absolute Gasteiger partial charge is 0.147 e. The van der Waals surface area contributed by atoms with Gasteiger partial charge in [-0.15, -0.1) is 0 Å². The van der Waals surface area contributed by atoms with Crippen molar-refractivity contribution in [3.05, 3.63) is 30.4 Å². The highest BCUT2D eigenvalue weighted by molar-refractivity contribution is 5.41. The first-order valence-corrected chi connectivity index (χ1v) is 6.06. The zero-order valence-corrected chi connectivity index (χ0v) is 10.7. The average Bonchev–Trinajstić information content (AvgIpc) is 2.80. The van der Waals surface area contributed by atoms with Gasteiger partial charge in [-0.2, -0.15) is 5.10 Å². The third-order valence-corrected chi connectivity index (χ3v) is 2.41. The molecule has 96 valence electrons. The van der Waals surface area contributed by atoms with Crippen LogP contribution >= 0.6 is 0 Å². The van der Waals surface area contributed by atoms with Crippen molar-refractivity contribution in [3.63, 3.8) is 0 Å². The SMILES string of the molecule is CCCNc1cncc(NCc2ccn(C)n2)n1. The van der Waals surface area contributed by atoms with Crippen LogP contribution in [0.1, 0.15) is 19.0 Å². The molecule has 2 N–H and O–H groups in total. The Bertz CT molecular complexity index is 493. The number of hydrogen-bond donors (Lipinski definition) is 2. The van der Waals surface area contributed by atoms with Crippen LogP contribution in [-0.4, -0.2) is 26.3 Å². The maximum atomic E-state index is 4.41. The van der Waals surface area contributed by atoms with Gasteiger partial charge in [-0.05, 0) is 12.5 Å². The molecule has 0 aliphatic heterocycles. The fourth-order valence-electron chi connectivity index (χ4n) is 1.53. The standard InChI is InChI=1S/C12H18N6/c1-3-5-14-11-8-13-9-12(16-11)15-7-10-4-6-18(2)17-10/h4,6,8-9H,3,5,7H2,1-2H3,(H2,14,15,16). The van der Waals surface area contributed by atoms with Crippen molar-refractivity contribution in [2.75, 3.05) is 17.2 Å². The number of nitrogens with one attached hydrogen (secondary N) is 2. The summed E-state index contributed by atoms with van der Waals surface area (Å²) < 4.78 is 1.78. The van der Waals surface area contributed by atoms with Gasteiger partial charge in [0.25, 0.3) is 0 Å². The molecule has 6 nitrogen and oxygen atoms in total. The maximum absolute atomic E-state index is 4.41. The molecule has 0 aromatic carbocycles. The second-order valence-corrected chi connectivity index (χ2v) is 4.05. The molecule has 0 atom stereocenters. The van der Waals surface area contributed by atoms with E-state index in [1.54, 1.807) is 17.1 Å². The third kappa shape index (κ3) is 3.44. The Morgan fingerprint density at radius 2 is 2.00 bits per heavy atom. The van der Waals surface area contributed by atoms with Gasteiger partial charge in [0.05, 0.1) is 24.6 Å². The molecule has 18 heavy (non-hydrogen) atoms. The van der Waals surface area contributed by atoms with Gasteiger partial charge in [-0.25, -0.2) is 4.98 Å². The highest BCUT2D eigenvalue weighted by Gasteiger charge is 2.00. The second-order valence-electron chi connectivity index (χ2n) is 4.05. The van der Waals surface area contributed by atoms with Crippen molar-refractivity contribution < 1.29 is 0 Å². The van der Waals surface area contributed by atoms with Crippen LogP contribution in [0.25, 0.3) is 0 Å². The Kier molecular flexibility index (Phi) is 4.11. The number of aryl methyl sites for hydroxylation is 1. The minimum Gasteiger partial charge on any atom is -0.369 e. The molecule has 0 aliphatic carbocycles. The van der Waals surface area contributed by atoms with E-state index < -0.39 is 0 Å². The molecule has 6 heteroatoms. The Morgan fingerprint density at radius 3 is 2.67 bits per heavy atom. The molecule has 0 saturated heterocycles. The van der Waals surface area contributed by atoms with Gasteiger partial charge >= 0.3 is 0 Å². The monoisotopic (exact) mass is 246 g/mol. The number of nitrogens with zero attached hydrogens (tertiary/aromatic N) is 4. The van der Waals surface area contributed by atoms with E-state index in [1.165, 1.54) is 0 Å². The van der Waals surface area contributed by atoms with Crippen molar-refractivity contribution in [1.29, 1.82) is 0 Å². The molecule has 2 heterocycles. The highest BCUT2D eigenvalue weighted by atomic mass is 15.3. The molecule has 0 amide bonds. The minimum atomic E-state index is 0.646. The number of aromatic nitrogens is 4. The third-order valence-electron chi connectivity index (χ3n) is 2.41. The summed E-state index contributed by atoms with van der Waals surface area (Å²) >= 11 is 0. The number of rotatable bonds is 6. The van der Waals surface area contributed by atoms with E-state index in [2.05, 4.69) is 32.6 Å². The van der Waals surface area contributed by atoms with Gasteiger partial charge in [0, 0.05) is 19.8 Å². The fourth-order valence-corrected chi connectivity index (χ4v) is 1.53. The Balaban J connectivity index is 1.92. The van der Waals surface area contributed by atoms with Crippen LogP contribution < -0.4 is 10.6 Å². The van der Waals surface area contributed by atoms with Crippen molar-refractivity contribution in [2.45, 2.75) is 19.9 Å². The minimum absolute atomic E-state index is 0.646. The Hall–Kier alpha value is -2.11. The topological polar surface area (TPSA) is 67.7 Å². The molecule has 0 unspecified atom stereocenters. The van der Waals surface area contributed by atoms with Gasteiger partial charge < -0.3 is 10.6 Å². The van der Waals surface area contributed by atoms with Crippen LogP contribution in [0.3, 0.4) is 0 Å². The van der Waals surface area contributed by atoms with E-state index >= 15 is 0 Å². The molecule has 0 aliphatic rings. The van der Waals surface area contributed by atoms with Crippen LogP contribution in [0.4, 0.5) is 11.6 Å². The van der Waals surface area contributed by atoms with Gasteiger partial charge in [0.2, 0.25) is 0 Å². The normalized spacial score (nSPS) is 10.3. The van der Waals surface area contributed by atoms with E-state index in [0.717, 1.165) is 30.3 Å². The van der Waals surface area contributed by atoms with Gasteiger partial charge in [-0.1, -0.05) is 6.92 Å². The lowest BCUT2D eigenvalue weighted by Gasteiger charge is -2.06. The predicted molar refractivity (Wildman–Crippen MR) is 71.3 cm³/mol. The van der Waals surface area contributed by atoms with Crippen LogP contribution in [0.2, 0.25) is 0 Å². The molecule has 2 aromatic heterocycles. The van der Waals surface area contributed by atoms with E-state index in [9.17, 15) is 0 Å². The summed E-state index contributed by atoms with van der Waals surface area (Å²) in [7, 11) is 1.90. The summed E-state index contributed by atoms with van der Waals surface area (Å²) in [5.41, 5.74) is 0.978. The molecule has 2 aromatic rings. The first-order valence-electron chi connectivity index (χ1n) is 6.06. The molecule has 0 fully saturated rings. The van der Waals surface area contributed by atoms with Gasteiger partial charge in [0.15, 0.2) is 0 Å². The molecule has 0 radical (unpaired) electrons. The van der Waals surface area contributed by atoms with Crippen LogP contribution in [0.15, 0.2) is 24.7 Å². The van der Waals surface area contributed by atoms with E-state index in [-0.39, 0.29) is 0 Å². The van der Waals surface area contributed by atoms with Gasteiger partial charge in [-0.3, -0.25) is 9.67 Å². The van der Waals surface area contributed by atoms with Gasteiger partial charge in [0.1, 0.15) is 11.6 Å². The summed E-state index contributed by atoms with van der Waals surface area (Å²) in [5.74, 6) is 1.55. The quantitative estimate of drug-likeness (QED) is 0.811. The molecular formula is C12H18N6. The number of hydrogen-bond acceptors (Lipinski definition) is 5. The first kappa shape index (κ1) is 12.3. The summed E-state index contributed by atoms with van der Waals surface area (Å²) in [6, 6.07) is 1.97. The lowest BCUT2D eigenvalue weighted by Crippen LogP contribution is -2.06. The van der Waals surface area contributed by atoms with Crippen molar-refractivity contribution in [1.82, 2.24) is 19.7 Å². The summed E-state index contributed by atoms with van der Waals surface area (Å²) in [6.07, 6.45) is 6.41. The molecular weight excluding hydrogens is 228 g/mol. The Labute approximate surface area is 106 Å². The zero-order valence-electron chi connectivity index (χ0n) is 10.7. The lowest BCUT2D eigenvalue weighted by atomic mass is 10.4. The highest BCUT2D eigenvalue weighted by Crippen LogP contribution is 2.07. The van der Waals surface area contributed by atoms with E-state index in [1.807, 2.05) is 19.3 Å².